The smallest absolute Gasteiger partial charge is 0.191 e. The molecule has 0 aliphatic heterocycles. The van der Waals surface area contributed by atoms with Crippen molar-refractivity contribution in [2.24, 2.45) is 4.99 Å². The number of rotatable bonds is 10. The van der Waals surface area contributed by atoms with E-state index in [9.17, 15) is 5.11 Å². The Morgan fingerprint density at radius 1 is 1.16 bits per heavy atom. The maximum Gasteiger partial charge on any atom is 0.191 e. The maximum atomic E-state index is 10.7. The Balaban J connectivity index is 0.00000576. The van der Waals surface area contributed by atoms with Gasteiger partial charge in [0, 0.05) is 24.4 Å². The van der Waals surface area contributed by atoms with Crippen LogP contribution >= 0.6 is 35.3 Å². The zero-order chi connectivity index (χ0) is 18.0. The molecule has 0 bridgehead atoms. The summed E-state index contributed by atoms with van der Waals surface area (Å²) in [6.45, 7) is 12.4. The van der Waals surface area contributed by atoms with Crippen LogP contribution in [0.3, 0.4) is 0 Å². The summed E-state index contributed by atoms with van der Waals surface area (Å²) in [5.41, 5.74) is 0.443. The molecule has 0 aliphatic carbocycles. The number of aromatic nitrogens is 1. The van der Waals surface area contributed by atoms with E-state index in [4.69, 9.17) is 0 Å². The molecular weight excluding hydrogens is 447 g/mol. The van der Waals surface area contributed by atoms with Gasteiger partial charge in [-0.05, 0) is 33.6 Å². The predicted octanol–water partition coefficient (Wildman–Crippen LogP) is 3.81. The fourth-order valence-corrected chi connectivity index (χ4v) is 3.82. The Morgan fingerprint density at radius 3 is 2.28 bits per heavy atom. The molecule has 5 nitrogen and oxygen atoms in total. The van der Waals surface area contributed by atoms with E-state index in [1.807, 2.05) is 6.92 Å². The van der Waals surface area contributed by atoms with Gasteiger partial charge in [-0.15, -0.1) is 35.3 Å². The van der Waals surface area contributed by atoms with E-state index in [0.29, 0.717) is 6.54 Å². The lowest BCUT2D eigenvalue weighted by atomic mass is 9.93. The number of thiazole rings is 1. The molecule has 0 saturated heterocycles. The normalized spacial score (nSPS) is 12.0. The van der Waals surface area contributed by atoms with E-state index in [1.54, 1.807) is 11.3 Å². The first-order valence-corrected chi connectivity index (χ1v) is 9.93. The molecule has 3 N–H and O–H groups in total. The van der Waals surface area contributed by atoms with Gasteiger partial charge < -0.3 is 15.7 Å². The zero-order valence-corrected chi connectivity index (χ0v) is 19.5. The molecule has 146 valence electrons. The van der Waals surface area contributed by atoms with E-state index >= 15 is 0 Å². The minimum absolute atomic E-state index is 0. The van der Waals surface area contributed by atoms with Crippen molar-refractivity contribution >= 4 is 41.3 Å². The van der Waals surface area contributed by atoms with Crippen LogP contribution in [0.25, 0.3) is 0 Å². The highest BCUT2D eigenvalue weighted by Gasteiger charge is 2.24. The average molecular weight is 482 g/mol. The monoisotopic (exact) mass is 482 g/mol. The lowest BCUT2D eigenvalue weighted by molar-refractivity contribution is 0.0306. The third kappa shape index (κ3) is 9.19. The molecule has 0 aliphatic rings. The summed E-state index contributed by atoms with van der Waals surface area (Å²) < 4.78 is 0. The van der Waals surface area contributed by atoms with Crippen LogP contribution in [0.15, 0.2) is 4.99 Å². The van der Waals surface area contributed by atoms with Crippen molar-refractivity contribution in [2.45, 2.75) is 72.3 Å². The van der Waals surface area contributed by atoms with Gasteiger partial charge in [0.05, 0.1) is 22.8 Å². The van der Waals surface area contributed by atoms with Gasteiger partial charge in [-0.1, -0.05) is 26.7 Å². The lowest BCUT2D eigenvalue weighted by Gasteiger charge is -2.26. The molecule has 0 radical (unpaired) electrons. The number of aliphatic hydroxyl groups is 1. The van der Waals surface area contributed by atoms with Gasteiger partial charge in [0.2, 0.25) is 0 Å². The minimum Gasteiger partial charge on any atom is -0.388 e. The van der Waals surface area contributed by atoms with Crippen molar-refractivity contribution in [3.05, 3.63) is 15.6 Å². The third-order valence-corrected chi connectivity index (χ3v) is 5.08. The summed E-state index contributed by atoms with van der Waals surface area (Å²) in [6, 6.07) is 0. The van der Waals surface area contributed by atoms with Crippen LogP contribution in [0.4, 0.5) is 0 Å². The molecule has 0 aromatic carbocycles. The molecule has 25 heavy (non-hydrogen) atoms. The minimum atomic E-state index is -0.683. The Bertz CT molecular complexity index is 513. The maximum absolute atomic E-state index is 10.7. The first-order chi connectivity index (χ1) is 11.4. The molecule has 1 aromatic heterocycles. The van der Waals surface area contributed by atoms with Gasteiger partial charge in [-0.3, -0.25) is 4.99 Å². The van der Waals surface area contributed by atoms with Gasteiger partial charge in [0.15, 0.2) is 5.96 Å². The summed E-state index contributed by atoms with van der Waals surface area (Å²) in [4.78, 5) is 10.4. The van der Waals surface area contributed by atoms with E-state index in [0.717, 1.165) is 61.9 Å². The van der Waals surface area contributed by atoms with Crippen molar-refractivity contribution in [3.8, 4) is 0 Å². The van der Waals surface area contributed by atoms with Crippen LogP contribution < -0.4 is 10.6 Å². The Hall–Kier alpha value is -0.410. The molecule has 0 fully saturated rings. The molecule has 0 unspecified atom stereocenters. The fourth-order valence-electron chi connectivity index (χ4n) is 2.88. The van der Waals surface area contributed by atoms with Crippen molar-refractivity contribution in [1.29, 1.82) is 0 Å². The number of hydrogen-bond donors (Lipinski definition) is 3. The number of hydrogen-bond acceptors (Lipinski definition) is 4. The topological polar surface area (TPSA) is 69.5 Å². The summed E-state index contributed by atoms with van der Waals surface area (Å²) in [5, 5.41) is 18.4. The van der Waals surface area contributed by atoms with Gasteiger partial charge >= 0.3 is 0 Å². The van der Waals surface area contributed by atoms with Crippen LogP contribution in [0.2, 0.25) is 0 Å². The molecule has 0 amide bonds. The van der Waals surface area contributed by atoms with Crippen LogP contribution in [-0.2, 0) is 6.42 Å². The summed E-state index contributed by atoms with van der Waals surface area (Å²) >= 11 is 1.76. The quantitative estimate of drug-likeness (QED) is 0.270. The Kier molecular flexibility index (Phi) is 12.7. The van der Waals surface area contributed by atoms with E-state index < -0.39 is 5.60 Å². The van der Waals surface area contributed by atoms with E-state index in [-0.39, 0.29) is 24.0 Å². The molecule has 1 heterocycles. The van der Waals surface area contributed by atoms with Crippen LogP contribution in [0.1, 0.15) is 62.0 Å². The molecule has 0 spiro atoms. The number of halogens is 1. The number of nitrogens with one attached hydrogen (secondary N) is 2. The summed E-state index contributed by atoms with van der Waals surface area (Å²) in [7, 11) is 0. The molecule has 1 aromatic rings. The van der Waals surface area contributed by atoms with Gasteiger partial charge in [-0.25, -0.2) is 4.98 Å². The molecular formula is C18H35IN4OS. The van der Waals surface area contributed by atoms with E-state index in [2.05, 4.69) is 48.3 Å². The second kappa shape index (κ2) is 12.9. The largest absolute Gasteiger partial charge is 0.388 e. The lowest BCUT2D eigenvalue weighted by Crippen LogP contribution is -2.40. The van der Waals surface area contributed by atoms with Crippen molar-refractivity contribution in [1.82, 2.24) is 15.6 Å². The Morgan fingerprint density at radius 2 is 1.80 bits per heavy atom. The molecule has 0 saturated carbocycles. The van der Waals surface area contributed by atoms with Gasteiger partial charge in [0.1, 0.15) is 0 Å². The van der Waals surface area contributed by atoms with Crippen molar-refractivity contribution in [3.63, 3.8) is 0 Å². The van der Waals surface area contributed by atoms with Crippen LogP contribution in [-0.4, -0.2) is 41.3 Å². The third-order valence-electron chi connectivity index (χ3n) is 3.95. The zero-order valence-electron chi connectivity index (χ0n) is 16.3. The first-order valence-electron chi connectivity index (χ1n) is 9.11. The molecule has 0 atom stereocenters. The van der Waals surface area contributed by atoms with Crippen LogP contribution in [0, 0.1) is 13.8 Å². The number of aryl methyl sites for hydroxylation is 2. The molecule has 7 heteroatoms. The van der Waals surface area contributed by atoms with E-state index in [1.165, 1.54) is 4.88 Å². The Labute approximate surface area is 174 Å². The number of nitrogens with zero attached hydrogens (tertiary/aromatic N) is 2. The number of aliphatic imine (C=N–C) groups is 1. The SMILES string of the molecule is CCCC(O)(CCC)CN=C(NCC)NCCc1sc(C)nc1C.I. The highest BCUT2D eigenvalue weighted by atomic mass is 127. The molecule has 1 rings (SSSR count). The fraction of sp³-hybridized carbons (Fsp3) is 0.778. The highest BCUT2D eigenvalue weighted by Crippen LogP contribution is 2.20. The number of guanidine groups is 1. The second-order valence-corrected chi connectivity index (χ2v) is 7.63. The van der Waals surface area contributed by atoms with Crippen molar-refractivity contribution < 1.29 is 5.11 Å². The summed E-state index contributed by atoms with van der Waals surface area (Å²) in [5.74, 6) is 0.780. The standard InChI is InChI=1S/C18H34N4OS.HI/c1-6-10-18(23,11-7-2)13-21-17(19-8-3)20-12-9-16-14(4)22-15(5)24-16;/h23H,6-13H2,1-5H3,(H2,19,20,21);1H. The summed E-state index contributed by atoms with van der Waals surface area (Å²) in [6.07, 6.45) is 4.47. The predicted molar refractivity (Wildman–Crippen MR) is 119 cm³/mol. The highest BCUT2D eigenvalue weighted by molar-refractivity contribution is 14.0. The second-order valence-electron chi connectivity index (χ2n) is 6.34. The first kappa shape index (κ1) is 24.6. The van der Waals surface area contributed by atoms with Crippen molar-refractivity contribution in [2.75, 3.05) is 19.6 Å². The van der Waals surface area contributed by atoms with Crippen LogP contribution in [0.5, 0.6) is 0 Å². The van der Waals surface area contributed by atoms with Gasteiger partial charge in [-0.2, -0.15) is 0 Å². The average Bonchev–Trinajstić information content (AvgIpc) is 2.83. The van der Waals surface area contributed by atoms with Gasteiger partial charge in [0.25, 0.3) is 0 Å².